The summed E-state index contributed by atoms with van der Waals surface area (Å²) < 4.78 is 53.4. The van der Waals surface area contributed by atoms with Crippen LogP contribution in [-0.4, -0.2) is 72.4 Å². The highest BCUT2D eigenvalue weighted by Gasteiger charge is 2.38. The molecule has 1 fully saturated rings. The van der Waals surface area contributed by atoms with E-state index in [9.17, 15) is 13.2 Å². The minimum atomic E-state index is -4.65. The molecule has 3 aromatic rings. The molecule has 1 aromatic carbocycles. The molecule has 0 radical (unpaired) electrons. The van der Waals surface area contributed by atoms with Gasteiger partial charge in [0, 0.05) is 31.7 Å². The number of aryl methyl sites for hydroxylation is 1. The Hall–Kier alpha value is -2.89. The van der Waals surface area contributed by atoms with Crippen molar-refractivity contribution in [2.24, 2.45) is 0 Å². The second-order valence-electron chi connectivity index (χ2n) is 8.53. The summed E-state index contributed by atoms with van der Waals surface area (Å²) in [4.78, 5) is 17.3. The fraction of sp³-hybridized carbons (Fsp3) is 0.435. The fourth-order valence-corrected chi connectivity index (χ4v) is 4.91. The first-order valence-electron chi connectivity index (χ1n) is 11.2. The predicted octanol–water partition coefficient (Wildman–Crippen LogP) is 3.79. The third-order valence-electron chi connectivity index (χ3n) is 6.27. The number of pyridine rings is 1. The molecule has 2 N–H and O–H groups in total. The van der Waals surface area contributed by atoms with Gasteiger partial charge in [-0.1, -0.05) is 11.6 Å². The smallest absolute Gasteiger partial charge is 0.418 e. The Balaban J connectivity index is 1.61. The molecule has 0 bridgehead atoms. The molecule has 0 amide bonds. The SMILES string of the molecule is Cc1cc(N)nc(-c2cc3ncnc4c3c(c2Cl)OCCN4CCN2CCOCC2)c1C(F)(F)F. The third kappa shape index (κ3) is 4.55. The van der Waals surface area contributed by atoms with Gasteiger partial charge in [0.2, 0.25) is 0 Å². The number of ether oxygens (including phenoxy) is 2. The number of hydrogen-bond donors (Lipinski definition) is 1. The van der Waals surface area contributed by atoms with Crippen LogP contribution in [0.5, 0.6) is 5.75 Å². The van der Waals surface area contributed by atoms with E-state index in [4.69, 9.17) is 26.8 Å². The van der Waals surface area contributed by atoms with Crippen LogP contribution >= 0.6 is 11.6 Å². The number of nitrogen functional groups attached to an aromatic ring is 1. The van der Waals surface area contributed by atoms with Gasteiger partial charge in [0.1, 0.15) is 24.6 Å². The van der Waals surface area contributed by atoms with Crippen molar-refractivity contribution in [2.45, 2.75) is 13.1 Å². The molecule has 0 atom stereocenters. The van der Waals surface area contributed by atoms with Crippen LogP contribution in [0.1, 0.15) is 11.1 Å². The molecule has 5 rings (SSSR count). The number of rotatable bonds is 4. The molecule has 0 aliphatic carbocycles. The lowest BCUT2D eigenvalue weighted by atomic mass is 9.99. The van der Waals surface area contributed by atoms with Crippen molar-refractivity contribution in [1.82, 2.24) is 19.9 Å². The lowest BCUT2D eigenvalue weighted by molar-refractivity contribution is -0.137. The van der Waals surface area contributed by atoms with Crippen molar-refractivity contribution in [3.8, 4) is 17.0 Å². The quantitative estimate of drug-likeness (QED) is 0.569. The standard InChI is InChI=1S/C23H24ClF3N6O2/c1-13-10-16(28)31-20(18(13)23(25,26)27)14-11-15-17-21(19(14)24)35-9-6-33(22(17)30-12-29-15)3-2-32-4-7-34-8-5-32/h10-12H,2-9H2,1H3,(H2,28,31). The van der Waals surface area contributed by atoms with Gasteiger partial charge in [-0.3, -0.25) is 4.90 Å². The predicted molar refractivity (Wildman–Crippen MR) is 127 cm³/mol. The summed E-state index contributed by atoms with van der Waals surface area (Å²) in [5.41, 5.74) is 5.01. The number of hydrogen-bond acceptors (Lipinski definition) is 8. The van der Waals surface area contributed by atoms with Gasteiger partial charge in [0.15, 0.2) is 5.75 Å². The van der Waals surface area contributed by atoms with Crippen molar-refractivity contribution in [3.63, 3.8) is 0 Å². The zero-order valence-corrected chi connectivity index (χ0v) is 19.8. The van der Waals surface area contributed by atoms with Gasteiger partial charge in [-0.15, -0.1) is 0 Å². The summed E-state index contributed by atoms with van der Waals surface area (Å²) in [5, 5.41) is 0.585. The van der Waals surface area contributed by atoms with Gasteiger partial charge in [0.25, 0.3) is 0 Å². The van der Waals surface area contributed by atoms with Gasteiger partial charge in [-0.05, 0) is 24.6 Å². The molecule has 186 valence electrons. The Morgan fingerprint density at radius 3 is 2.60 bits per heavy atom. The first-order chi connectivity index (χ1) is 16.7. The topological polar surface area (TPSA) is 89.6 Å². The number of anilines is 2. The fourth-order valence-electron chi connectivity index (χ4n) is 4.62. The van der Waals surface area contributed by atoms with E-state index in [1.165, 1.54) is 25.4 Å². The van der Waals surface area contributed by atoms with Crippen LogP contribution in [0.15, 0.2) is 18.5 Å². The molecule has 2 aromatic heterocycles. The molecule has 12 heteroatoms. The molecule has 1 saturated heterocycles. The Bertz CT molecular complexity index is 1270. The summed E-state index contributed by atoms with van der Waals surface area (Å²) in [6, 6.07) is 2.69. The van der Waals surface area contributed by atoms with Gasteiger partial charge < -0.3 is 20.1 Å². The van der Waals surface area contributed by atoms with E-state index in [0.29, 0.717) is 43.0 Å². The lowest BCUT2D eigenvalue weighted by Crippen LogP contribution is -2.42. The summed E-state index contributed by atoms with van der Waals surface area (Å²) in [6.07, 6.45) is -3.25. The highest BCUT2D eigenvalue weighted by Crippen LogP contribution is 2.47. The van der Waals surface area contributed by atoms with E-state index < -0.39 is 11.7 Å². The molecule has 0 spiro atoms. The van der Waals surface area contributed by atoms with Crippen LogP contribution in [0.2, 0.25) is 5.02 Å². The van der Waals surface area contributed by atoms with Crippen LogP contribution < -0.4 is 15.4 Å². The molecule has 2 aliphatic rings. The Labute approximate surface area is 204 Å². The Morgan fingerprint density at radius 1 is 1.09 bits per heavy atom. The normalized spacial score (nSPS) is 16.9. The average Bonchev–Trinajstić information content (AvgIpc) is 3.00. The van der Waals surface area contributed by atoms with E-state index in [1.54, 1.807) is 0 Å². The molecule has 4 heterocycles. The Morgan fingerprint density at radius 2 is 1.86 bits per heavy atom. The maximum atomic E-state index is 14.0. The molecule has 0 unspecified atom stereocenters. The number of nitrogens with two attached hydrogens (primary N) is 1. The van der Waals surface area contributed by atoms with Gasteiger partial charge in [-0.25, -0.2) is 15.0 Å². The summed E-state index contributed by atoms with van der Waals surface area (Å²) in [5.74, 6) is 0.849. The average molecular weight is 509 g/mol. The van der Waals surface area contributed by atoms with Gasteiger partial charge in [0.05, 0.1) is 46.9 Å². The van der Waals surface area contributed by atoms with Crippen LogP contribution in [0.3, 0.4) is 0 Å². The van der Waals surface area contributed by atoms with Crippen LogP contribution in [-0.2, 0) is 10.9 Å². The number of nitrogens with zero attached hydrogens (tertiary/aromatic N) is 5. The second kappa shape index (κ2) is 9.29. The van der Waals surface area contributed by atoms with Crippen LogP contribution in [0, 0.1) is 6.92 Å². The van der Waals surface area contributed by atoms with Crippen LogP contribution in [0.25, 0.3) is 22.2 Å². The number of alkyl halides is 3. The highest BCUT2D eigenvalue weighted by atomic mass is 35.5. The van der Waals surface area contributed by atoms with E-state index in [0.717, 1.165) is 19.6 Å². The molecule has 8 nitrogen and oxygen atoms in total. The van der Waals surface area contributed by atoms with Gasteiger partial charge in [-0.2, -0.15) is 13.2 Å². The van der Waals surface area contributed by atoms with Crippen LogP contribution in [0.4, 0.5) is 24.8 Å². The second-order valence-corrected chi connectivity index (χ2v) is 8.91. The van der Waals surface area contributed by atoms with E-state index in [2.05, 4.69) is 24.8 Å². The van der Waals surface area contributed by atoms with Crippen molar-refractivity contribution < 1.29 is 22.6 Å². The van der Waals surface area contributed by atoms with Gasteiger partial charge >= 0.3 is 6.18 Å². The monoisotopic (exact) mass is 508 g/mol. The maximum Gasteiger partial charge on any atom is 0.418 e. The highest BCUT2D eigenvalue weighted by molar-refractivity contribution is 6.36. The summed E-state index contributed by atoms with van der Waals surface area (Å²) >= 11 is 6.70. The Kier molecular flexibility index (Phi) is 6.32. The first-order valence-corrected chi connectivity index (χ1v) is 11.6. The van der Waals surface area contributed by atoms with Crippen molar-refractivity contribution in [1.29, 1.82) is 0 Å². The molecule has 0 saturated carbocycles. The molecular weight excluding hydrogens is 485 g/mol. The minimum absolute atomic E-state index is 0.0200. The number of halogens is 4. The minimum Gasteiger partial charge on any atom is -0.489 e. The molecule has 2 aliphatic heterocycles. The van der Waals surface area contributed by atoms with Crippen molar-refractivity contribution in [3.05, 3.63) is 34.6 Å². The van der Waals surface area contributed by atoms with Crippen molar-refractivity contribution in [2.75, 3.05) is 63.2 Å². The maximum absolute atomic E-state index is 14.0. The first kappa shape index (κ1) is 23.8. The number of morpholine rings is 1. The lowest BCUT2D eigenvalue weighted by Gasteiger charge is -2.30. The summed E-state index contributed by atoms with van der Waals surface area (Å²) in [6.45, 7) is 6.83. The number of aromatic nitrogens is 3. The van der Waals surface area contributed by atoms with E-state index in [1.807, 2.05) is 0 Å². The van der Waals surface area contributed by atoms with E-state index >= 15 is 0 Å². The number of benzene rings is 1. The summed E-state index contributed by atoms with van der Waals surface area (Å²) in [7, 11) is 0. The third-order valence-corrected chi connectivity index (χ3v) is 6.65. The van der Waals surface area contributed by atoms with Crippen molar-refractivity contribution >= 4 is 34.1 Å². The molecular formula is C23H24ClF3N6O2. The zero-order chi connectivity index (χ0) is 24.7. The molecule has 35 heavy (non-hydrogen) atoms. The largest absolute Gasteiger partial charge is 0.489 e. The van der Waals surface area contributed by atoms with E-state index in [-0.39, 0.29) is 40.0 Å². The zero-order valence-electron chi connectivity index (χ0n) is 19.0.